The summed E-state index contributed by atoms with van der Waals surface area (Å²) in [6.45, 7) is 4.04. The number of benzene rings is 2. The maximum atomic E-state index is 11.2. The Hall–Kier alpha value is -3.64. The van der Waals surface area contributed by atoms with Crippen molar-refractivity contribution in [2.45, 2.75) is 44.9 Å². The van der Waals surface area contributed by atoms with Gasteiger partial charge in [-0.25, -0.2) is 9.78 Å². The zero-order valence-electron chi connectivity index (χ0n) is 21.2. The number of pyridine rings is 1. The highest BCUT2D eigenvalue weighted by Gasteiger charge is 2.44. The van der Waals surface area contributed by atoms with E-state index in [4.69, 9.17) is 16.1 Å². The molecule has 3 heterocycles. The van der Waals surface area contributed by atoms with Gasteiger partial charge in [0, 0.05) is 41.2 Å². The smallest absolute Gasteiger partial charge is 0.354 e. The van der Waals surface area contributed by atoms with Crippen LogP contribution in [-0.4, -0.2) is 34.3 Å². The molecule has 2 aliphatic carbocycles. The molecule has 4 aromatic rings. The number of carbonyl (C=O) groups is 1. The van der Waals surface area contributed by atoms with Crippen LogP contribution >= 0.6 is 11.6 Å². The summed E-state index contributed by atoms with van der Waals surface area (Å²) in [5.74, 6) is 0.505. The predicted molar refractivity (Wildman–Crippen MR) is 149 cm³/mol. The molecule has 1 N–H and O–H groups in total. The second-order valence-electron chi connectivity index (χ2n) is 11.1. The molecule has 1 saturated heterocycles. The number of fused-ring (bicyclic) bond motifs is 1. The van der Waals surface area contributed by atoms with Gasteiger partial charge in [0.15, 0.2) is 0 Å². The van der Waals surface area contributed by atoms with E-state index in [0.29, 0.717) is 11.4 Å². The van der Waals surface area contributed by atoms with Crippen LogP contribution in [0.4, 0.5) is 5.69 Å². The first-order valence-corrected chi connectivity index (χ1v) is 13.6. The van der Waals surface area contributed by atoms with Gasteiger partial charge in [-0.05, 0) is 85.9 Å². The van der Waals surface area contributed by atoms with Crippen LogP contribution in [0.15, 0.2) is 59.1 Å². The molecule has 7 rings (SSSR count). The Morgan fingerprint density at radius 2 is 1.89 bits per heavy atom. The zero-order chi connectivity index (χ0) is 26.0. The molecule has 3 aliphatic rings. The first-order chi connectivity index (χ1) is 18.4. The van der Waals surface area contributed by atoms with Gasteiger partial charge in [0.1, 0.15) is 17.1 Å². The minimum Gasteiger partial charge on any atom is -0.477 e. The summed E-state index contributed by atoms with van der Waals surface area (Å²) in [6.07, 6.45) is 8.03. The molecule has 2 aromatic carbocycles. The second kappa shape index (κ2) is 8.70. The van der Waals surface area contributed by atoms with Crippen molar-refractivity contribution >= 4 is 39.7 Å². The average molecular weight is 526 g/mol. The van der Waals surface area contributed by atoms with Gasteiger partial charge < -0.3 is 14.5 Å². The number of carboxylic acid groups (broad SMARTS) is 1. The highest BCUT2D eigenvalue weighted by Crippen LogP contribution is 2.56. The SMILES string of the molecule is Cc1cccc(Cl)c1-c1noc(C2CC2)c1C1=CC2(CCN(c3ccc4nc(C(=O)O)ccc4c3)CC2)C1. The molecule has 0 radical (unpaired) electrons. The summed E-state index contributed by atoms with van der Waals surface area (Å²) in [6, 6.07) is 15.5. The van der Waals surface area contributed by atoms with E-state index >= 15 is 0 Å². The second-order valence-corrected chi connectivity index (χ2v) is 11.5. The molecule has 192 valence electrons. The van der Waals surface area contributed by atoms with Crippen molar-refractivity contribution in [2.24, 2.45) is 5.41 Å². The Bertz CT molecular complexity index is 1610. The number of halogens is 1. The van der Waals surface area contributed by atoms with Gasteiger partial charge in [-0.15, -0.1) is 0 Å². The van der Waals surface area contributed by atoms with Gasteiger partial charge in [-0.3, -0.25) is 0 Å². The largest absolute Gasteiger partial charge is 0.477 e. The van der Waals surface area contributed by atoms with Crippen LogP contribution in [0, 0.1) is 12.3 Å². The predicted octanol–water partition coefficient (Wildman–Crippen LogP) is 7.50. The number of aromatic carboxylic acids is 1. The number of carboxylic acids is 1. The van der Waals surface area contributed by atoms with Crippen molar-refractivity contribution in [3.05, 3.63) is 82.2 Å². The number of anilines is 1. The number of nitrogens with zero attached hydrogens (tertiary/aromatic N) is 3. The van der Waals surface area contributed by atoms with Gasteiger partial charge >= 0.3 is 5.97 Å². The number of aromatic nitrogens is 2. The van der Waals surface area contributed by atoms with E-state index in [1.54, 1.807) is 6.07 Å². The minimum absolute atomic E-state index is 0.0725. The molecule has 1 spiro atoms. The van der Waals surface area contributed by atoms with Crippen LogP contribution < -0.4 is 4.90 Å². The first kappa shape index (κ1) is 23.5. The van der Waals surface area contributed by atoms with E-state index < -0.39 is 5.97 Å². The van der Waals surface area contributed by atoms with Crippen molar-refractivity contribution in [2.75, 3.05) is 18.0 Å². The van der Waals surface area contributed by atoms with E-state index in [0.717, 1.165) is 83.9 Å². The standard InChI is InChI=1S/C31H28ClN3O3/c1-18-3-2-4-23(32)26(18)28-27(29(38-34-28)19-5-6-19)21-16-31(17-21)11-13-35(14-12-31)22-8-10-24-20(15-22)7-9-25(33-24)30(36)37/h2-4,7-10,15-16,19H,5-6,11-14,17H2,1H3,(H,36,37). The Balaban J connectivity index is 1.13. The third-order valence-corrected chi connectivity index (χ3v) is 8.80. The number of rotatable bonds is 5. The summed E-state index contributed by atoms with van der Waals surface area (Å²) in [4.78, 5) is 17.9. The molecule has 38 heavy (non-hydrogen) atoms. The quantitative estimate of drug-likeness (QED) is 0.290. The molecule has 1 aliphatic heterocycles. The number of hydrogen-bond donors (Lipinski definition) is 1. The lowest BCUT2D eigenvalue weighted by atomic mass is 9.63. The average Bonchev–Trinajstić information content (AvgIpc) is 3.66. The Labute approximate surface area is 225 Å². The van der Waals surface area contributed by atoms with Crippen LogP contribution in [0.5, 0.6) is 0 Å². The lowest BCUT2D eigenvalue weighted by molar-refractivity contribution is 0.0691. The molecule has 6 nitrogen and oxygen atoms in total. The normalized spacial score (nSPS) is 18.5. The minimum atomic E-state index is -1.00. The van der Waals surface area contributed by atoms with E-state index in [9.17, 15) is 9.90 Å². The lowest BCUT2D eigenvalue weighted by Gasteiger charge is -2.47. The van der Waals surface area contributed by atoms with E-state index in [-0.39, 0.29) is 11.1 Å². The number of hydrogen-bond acceptors (Lipinski definition) is 5. The van der Waals surface area contributed by atoms with E-state index in [1.165, 1.54) is 11.1 Å². The molecule has 0 unspecified atom stereocenters. The third kappa shape index (κ3) is 3.90. The van der Waals surface area contributed by atoms with Crippen LogP contribution in [0.25, 0.3) is 27.7 Å². The molecule has 7 heteroatoms. The Morgan fingerprint density at radius 3 is 2.61 bits per heavy atom. The topological polar surface area (TPSA) is 79.5 Å². The maximum Gasteiger partial charge on any atom is 0.354 e. The highest BCUT2D eigenvalue weighted by atomic mass is 35.5. The van der Waals surface area contributed by atoms with Gasteiger partial charge in [-0.2, -0.15) is 0 Å². The van der Waals surface area contributed by atoms with Crippen LogP contribution in [0.1, 0.15) is 65.4 Å². The number of allylic oxidation sites excluding steroid dienone is 2. The zero-order valence-corrected chi connectivity index (χ0v) is 22.0. The molecular weight excluding hydrogens is 498 g/mol. The molecule has 2 aromatic heterocycles. The van der Waals surface area contributed by atoms with Gasteiger partial charge in [-0.1, -0.05) is 41.0 Å². The molecule has 1 saturated carbocycles. The molecule has 0 bridgehead atoms. The fourth-order valence-corrected chi connectivity index (χ4v) is 6.49. The van der Waals surface area contributed by atoms with Crippen molar-refractivity contribution in [1.29, 1.82) is 0 Å². The molecule has 0 atom stereocenters. The number of piperidine rings is 1. The van der Waals surface area contributed by atoms with Gasteiger partial charge in [0.25, 0.3) is 0 Å². The lowest BCUT2D eigenvalue weighted by Crippen LogP contribution is -2.42. The van der Waals surface area contributed by atoms with Crippen LogP contribution in [0.3, 0.4) is 0 Å². The monoisotopic (exact) mass is 525 g/mol. The van der Waals surface area contributed by atoms with Gasteiger partial charge in [0.2, 0.25) is 0 Å². The van der Waals surface area contributed by atoms with Crippen LogP contribution in [-0.2, 0) is 0 Å². The Kier molecular flexibility index (Phi) is 5.38. The van der Waals surface area contributed by atoms with Crippen molar-refractivity contribution in [3.8, 4) is 11.3 Å². The van der Waals surface area contributed by atoms with Crippen molar-refractivity contribution < 1.29 is 14.4 Å². The number of aryl methyl sites for hydroxylation is 1. The van der Waals surface area contributed by atoms with Gasteiger partial charge in [0.05, 0.1) is 10.5 Å². The summed E-state index contributed by atoms with van der Waals surface area (Å²) in [7, 11) is 0. The first-order valence-electron chi connectivity index (χ1n) is 13.3. The van der Waals surface area contributed by atoms with Crippen molar-refractivity contribution in [1.82, 2.24) is 10.1 Å². The summed E-state index contributed by atoms with van der Waals surface area (Å²) in [5.41, 5.74) is 7.67. The molecule has 0 amide bonds. The summed E-state index contributed by atoms with van der Waals surface area (Å²) in [5, 5.41) is 15.4. The van der Waals surface area contributed by atoms with Crippen molar-refractivity contribution in [3.63, 3.8) is 0 Å². The fraction of sp³-hybridized carbons (Fsp3) is 0.323. The van der Waals surface area contributed by atoms with E-state index in [2.05, 4.69) is 46.2 Å². The summed E-state index contributed by atoms with van der Waals surface area (Å²) < 4.78 is 5.95. The fourth-order valence-electron chi connectivity index (χ4n) is 6.18. The van der Waals surface area contributed by atoms with E-state index in [1.807, 2.05) is 24.3 Å². The third-order valence-electron chi connectivity index (χ3n) is 8.49. The molecular formula is C31H28ClN3O3. The Morgan fingerprint density at radius 1 is 1.11 bits per heavy atom. The highest BCUT2D eigenvalue weighted by molar-refractivity contribution is 6.33. The maximum absolute atomic E-state index is 11.2. The van der Waals surface area contributed by atoms with Crippen LogP contribution in [0.2, 0.25) is 5.02 Å². The molecule has 2 fully saturated rings. The summed E-state index contributed by atoms with van der Waals surface area (Å²) >= 11 is 6.64.